The Morgan fingerprint density at radius 3 is 2.58 bits per heavy atom. The van der Waals surface area contributed by atoms with Crippen LogP contribution in [0.2, 0.25) is 0 Å². The predicted molar refractivity (Wildman–Crippen MR) is 95.5 cm³/mol. The van der Waals surface area contributed by atoms with Crippen molar-refractivity contribution in [2.45, 2.75) is 37.5 Å². The van der Waals surface area contributed by atoms with E-state index in [0.717, 1.165) is 25.7 Å². The summed E-state index contributed by atoms with van der Waals surface area (Å²) in [6.45, 7) is 2.74. The third kappa shape index (κ3) is 4.10. The van der Waals surface area contributed by atoms with E-state index in [2.05, 4.69) is 20.3 Å². The van der Waals surface area contributed by atoms with Gasteiger partial charge in [0.1, 0.15) is 5.69 Å². The van der Waals surface area contributed by atoms with E-state index in [1.54, 1.807) is 19.1 Å². The van der Waals surface area contributed by atoms with Gasteiger partial charge in [-0.1, -0.05) is 30.1 Å². The molecule has 3 rings (SSSR count). The van der Waals surface area contributed by atoms with Crippen LogP contribution in [0.4, 0.5) is 5.82 Å². The van der Waals surface area contributed by atoms with E-state index >= 15 is 0 Å². The minimum Gasteiger partial charge on any atom is -0.358 e. The predicted octanol–water partition coefficient (Wildman–Crippen LogP) is 2.24. The Morgan fingerprint density at radius 1 is 1.19 bits per heavy atom. The maximum Gasteiger partial charge on any atom is 0.243 e. The molecule has 1 saturated heterocycles. The number of ketones is 1. The molecule has 0 atom stereocenters. The molecule has 1 aliphatic heterocycles. The third-order valence-corrected chi connectivity index (χ3v) is 6.32. The quantitative estimate of drug-likeness (QED) is 0.768. The largest absolute Gasteiger partial charge is 0.358 e. The zero-order chi connectivity index (χ0) is 18.6. The fourth-order valence-electron chi connectivity index (χ4n) is 2.92. The van der Waals surface area contributed by atoms with E-state index in [1.165, 1.54) is 16.4 Å². The molecule has 1 aliphatic rings. The number of carbonyl (C=O) groups is 1. The third-order valence-electron chi connectivity index (χ3n) is 4.43. The van der Waals surface area contributed by atoms with E-state index in [9.17, 15) is 13.2 Å². The van der Waals surface area contributed by atoms with Crippen molar-refractivity contribution in [2.75, 3.05) is 25.0 Å². The lowest BCUT2D eigenvalue weighted by Crippen LogP contribution is -2.32. The summed E-state index contributed by atoms with van der Waals surface area (Å²) in [6, 6.07) is 6.19. The summed E-state index contributed by atoms with van der Waals surface area (Å²) in [5, 5.41) is 10.1. The highest BCUT2D eigenvalue weighted by molar-refractivity contribution is 7.89. The lowest BCUT2D eigenvalue weighted by atomic mass is 10.1. The van der Waals surface area contributed by atoms with E-state index in [1.807, 2.05) is 0 Å². The van der Waals surface area contributed by atoms with Crippen molar-refractivity contribution in [1.82, 2.24) is 14.6 Å². The van der Waals surface area contributed by atoms with Crippen LogP contribution in [-0.2, 0) is 10.0 Å². The van der Waals surface area contributed by atoms with E-state index in [0.29, 0.717) is 30.2 Å². The minimum atomic E-state index is -3.58. The number of Topliss-reactive ketones (excluding diaryl/α,β-unsaturated/α-hetero) is 1. The summed E-state index contributed by atoms with van der Waals surface area (Å²) >= 11 is 0. The number of hydrogen-bond acceptors (Lipinski definition) is 7. The Labute approximate surface area is 152 Å². The Balaban J connectivity index is 1.74. The van der Waals surface area contributed by atoms with Gasteiger partial charge in [0, 0.05) is 18.7 Å². The van der Waals surface area contributed by atoms with Crippen LogP contribution < -0.4 is 5.32 Å². The normalized spacial score (nSPS) is 16.2. The average Bonchev–Trinajstić information content (AvgIpc) is 2.88. The van der Waals surface area contributed by atoms with Crippen molar-refractivity contribution in [1.29, 1.82) is 0 Å². The summed E-state index contributed by atoms with van der Waals surface area (Å²) < 4.78 is 31.8. The first kappa shape index (κ1) is 18.5. The number of anilines is 1. The van der Waals surface area contributed by atoms with Gasteiger partial charge in [-0.3, -0.25) is 4.79 Å². The Bertz CT molecular complexity index is 870. The first-order valence-electron chi connectivity index (χ1n) is 8.65. The molecule has 26 heavy (non-hydrogen) atoms. The number of hydrogen-bond donors (Lipinski definition) is 1. The number of rotatable bonds is 6. The Morgan fingerprint density at radius 2 is 1.92 bits per heavy atom. The highest BCUT2D eigenvalue weighted by Crippen LogP contribution is 2.21. The standard InChI is InChI=1S/C17H22N4O4S/c1-13-17(20-25-19-13)18-12-16(22)14-7-6-8-15(11-14)26(23,24)21-9-4-2-3-5-10-21/h6-8,11H,2-5,9-10,12H2,1H3,(H,18,20). The van der Waals surface area contributed by atoms with Crippen molar-refractivity contribution >= 4 is 21.6 Å². The van der Waals surface area contributed by atoms with Gasteiger partial charge in [0.25, 0.3) is 0 Å². The second kappa shape index (κ2) is 7.96. The van der Waals surface area contributed by atoms with Gasteiger partial charge in [-0.25, -0.2) is 13.0 Å². The molecule has 1 aromatic heterocycles. The number of nitrogens with one attached hydrogen (secondary N) is 1. The number of aromatic nitrogens is 2. The first-order chi connectivity index (χ1) is 12.5. The number of nitrogens with zero attached hydrogens (tertiary/aromatic N) is 3. The summed E-state index contributed by atoms with van der Waals surface area (Å²) in [7, 11) is -3.58. The van der Waals surface area contributed by atoms with Crippen LogP contribution in [-0.4, -0.2) is 48.5 Å². The van der Waals surface area contributed by atoms with E-state index in [4.69, 9.17) is 0 Å². The molecule has 1 N–H and O–H groups in total. The second-order valence-corrected chi connectivity index (χ2v) is 8.26. The molecule has 9 heteroatoms. The SMILES string of the molecule is Cc1nonc1NCC(=O)c1cccc(S(=O)(=O)N2CCCCCC2)c1. The maximum absolute atomic E-state index is 12.9. The maximum atomic E-state index is 12.9. The average molecular weight is 378 g/mol. The highest BCUT2D eigenvalue weighted by Gasteiger charge is 2.25. The molecule has 0 radical (unpaired) electrons. The molecular formula is C17H22N4O4S. The van der Waals surface area contributed by atoms with Gasteiger partial charge in [-0.15, -0.1) is 0 Å². The smallest absolute Gasteiger partial charge is 0.243 e. The van der Waals surface area contributed by atoms with Gasteiger partial charge in [0.2, 0.25) is 10.0 Å². The molecule has 2 aromatic rings. The lowest BCUT2D eigenvalue weighted by molar-refractivity contribution is 0.101. The number of carbonyl (C=O) groups excluding carboxylic acids is 1. The molecule has 1 fully saturated rings. The minimum absolute atomic E-state index is 0.0255. The molecule has 0 bridgehead atoms. The van der Waals surface area contributed by atoms with E-state index < -0.39 is 10.0 Å². The van der Waals surface area contributed by atoms with Crippen LogP contribution in [0.1, 0.15) is 41.7 Å². The summed E-state index contributed by atoms with van der Waals surface area (Å²) in [6.07, 6.45) is 3.83. The van der Waals surface area contributed by atoms with Gasteiger partial charge in [0.05, 0.1) is 11.4 Å². The van der Waals surface area contributed by atoms with Crippen molar-refractivity contribution in [3.63, 3.8) is 0 Å². The summed E-state index contributed by atoms with van der Waals surface area (Å²) in [4.78, 5) is 12.6. The van der Waals surface area contributed by atoms with Gasteiger partial charge >= 0.3 is 0 Å². The molecule has 0 aliphatic carbocycles. The van der Waals surface area contributed by atoms with Crippen LogP contribution in [0.3, 0.4) is 0 Å². The van der Waals surface area contributed by atoms with Gasteiger partial charge in [-0.05, 0) is 37.1 Å². The summed E-state index contributed by atoms with van der Waals surface area (Å²) in [5.41, 5.74) is 0.887. The molecule has 1 aromatic carbocycles. The molecule has 0 amide bonds. The fourth-order valence-corrected chi connectivity index (χ4v) is 4.48. The zero-order valence-electron chi connectivity index (χ0n) is 14.6. The lowest BCUT2D eigenvalue weighted by Gasteiger charge is -2.20. The zero-order valence-corrected chi connectivity index (χ0v) is 15.5. The van der Waals surface area contributed by atoms with E-state index in [-0.39, 0.29) is 17.2 Å². The van der Waals surface area contributed by atoms with Crippen molar-refractivity contribution < 1.29 is 17.8 Å². The summed E-state index contributed by atoms with van der Waals surface area (Å²) in [5.74, 6) is 0.159. The van der Waals surface area contributed by atoms with Crippen LogP contribution in [0.15, 0.2) is 33.8 Å². The number of benzene rings is 1. The van der Waals surface area contributed by atoms with Crippen molar-refractivity contribution in [2.24, 2.45) is 0 Å². The topological polar surface area (TPSA) is 105 Å². The molecule has 0 saturated carbocycles. The molecule has 140 valence electrons. The molecule has 0 unspecified atom stereocenters. The molecule has 2 heterocycles. The monoisotopic (exact) mass is 378 g/mol. The highest BCUT2D eigenvalue weighted by atomic mass is 32.2. The van der Waals surface area contributed by atoms with Crippen LogP contribution in [0, 0.1) is 6.92 Å². The number of aryl methyl sites for hydroxylation is 1. The second-order valence-electron chi connectivity index (χ2n) is 6.32. The number of sulfonamides is 1. The van der Waals surface area contributed by atoms with Crippen molar-refractivity contribution in [3.8, 4) is 0 Å². The van der Waals surface area contributed by atoms with Crippen LogP contribution in [0.25, 0.3) is 0 Å². The fraction of sp³-hybridized carbons (Fsp3) is 0.471. The van der Waals surface area contributed by atoms with Gasteiger partial charge < -0.3 is 5.32 Å². The first-order valence-corrected chi connectivity index (χ1v) is 10.1. The van der Waals surface area contributed by atoms with Gasteiger partial charge in [0.15, 0.2) is 11.6 Å². The molecule has 8 nitrogen and oxygen atoms in total. The Kier molecular flexibility index (Phi) is 5.67. The van der Waals surface area contributed by atoms with Crippen LogP contribution in [0.5, 0.6) is 0 Å². The Hall–Kier alpha value is -2.26. The molecular weight excluding hydrogens is 356 g/mol. The molecule has 0 spiro atoms. The van der Waals surface area contributed by atoms with Crippen LogP contribution >= 0.6 is 0 Å². The van der Waals surface area contributed by atoms with Crippen molar-refractivity contribution in [3.05, 3.63) is 35.5 Å². The van der Waals surface area contributed by atoms with Gasteiger partial charge in [-0.2, -0.15) is 4.31 Å².